The van der Waals surface area contributed by atoms with Gasteiger partial charge in [0, 0.05) is 30.5 Å². The monoisotopic (exact) mass is 424 g/mol. The molecular weight excluding hydrogens is 399 g/mol. The van der Waals surface area contributed by atoms with Crippen molar-refractivity contribution < 1.29 is 9.53 Å². The molecule has 0 aliphatic carbocycles. The smallest absolute Gasteiger partial charge is 0.251 e. The van der Waals surface area contributed by atoms with E-state index < -0.39 is 0 Å². The van der Waals surface area contributed by atoms with Gasteiger partial charge in [0.15, 0.2) is 0 Å². The lowest BCUT2D eigenvalue weighted by Crippen LogP contribution is -2.28. The number of benzene rings is 1. The summed E-state index contributed by atoms with van der Waals surface area (Å²) < 4.78 is 7.79. The number of halogens is 2. The molecule has 0 saturated carbocycles. The van der Waals surface area contributed by atoms with Crippen molar-refractivity contribution in [2.24, 2.45) is 5.73 Å². The fourth-order valence-electron chi connectivity index (χ4n) is 2.62. The number of amides is 1. The van der Waals surface area contributed by atoms with E-state index in [2.05, 4.69) is 10.3 Å². The quantitative estimate of drug-likeness (QED) is 0.607. The van der Waals surface area contributed by atoms with Gasteiger partial charge < -0.3 is 20.2 Å². The lowest BCUT2D eigenvalue weighted by Gasteiger charge is -2.09. The van der Waals surface area contributed by atoms with Gasteiger partial charge in [-0.1, -0.05) is 12.1 Å². The van der Waals surface area contributed by atoms with Crippen LogP contribution in [0.1, 0.15) is 35.0 Å². The van der Waals surface area contributed by atoms with Gasteiger partial charge >= 0.3 is 0 Å². The third kappa shape index (κ3) is 6.41. The van der Waals surface area contributed by atoms with Crippen LogP contribution in [0, 0.1) is 6.92 Å². The molecule has 3 N–H and O–H groups in total. The van der Waals surface area contributed by atoms with Crippen molar-refractivity contribution in [2.75, 3.05) is 6.54 Å². The van der Waals surface area contributed by atoms with Crippen molar-refractivity contribution >= 4 is 36.4 Å². The first-order chi connectivity index (χ1) is 12.5. The number of pyridine rings is 1. The highest BCUT2D eigenvalue weighted by atomic mass is 35.5. The van der Waals surface area contributed by atoms with Crippen molar-refractivity contribution in [3.8, 4) is 5.75 Å². The Morgan fingerprint density at radius 2 is 2.04 bits per heavy atom. The molecule has 0 saturated heterocycles. The van der Waals surface area contributed by atoms with Gasteiger partial charge in [0.25, 0.3) is 5.91 Å². The minimum absolute atomic E-state index is 0. The molecule has 152 valence electrons. The first kappa shape index (κ1) is 23.8. The molecule has 1 aromatic carbocycles. The summed E-state index contributed by atoms with van der Waals surface area (Å²) in [6.07, 6.45) is 4.72. The number of nitrogens with two attached hydrogens (primary N) is 1. The average Bonchev–Trinajstić information content (AvgIpc) is 3.02. The van der Waals surface area contributed by atoms with Crippen molar-refractivity contribution in [2.45, 2.75) is 32.9 Å². The highest BCUT2D eigenvalue weighted by Crippen LogP contribution is 2.16. The SMILES string of the molecule is Cc1ccc2nc(COc3cccc(C(=O)NCCC(C)N)c3)cn2c1.Cl.Cl. The van der Waals surface area contributed by atoms with Crippen molar-refractivity contribution in [1.29, 1.82) is 0 Å². The molecule has 0 aliphatic rings. The number of ether oxygens (including phenoxy) is 1. The number of aryl methyl sites for hydroxylation is 1. The van der Waals surface area contributed by atoms with Gasteiger partial charge in [-0.25, -0.2) is 4.98 Å². The molecule has 1 amide bonds. The minimum atomic E-state index is -0.126. The Morgan fingerprint density at radius 3 is 2.79 bits per heavy atom. The molecule has 28 heavy (non-hydrogen) atoms. The number of aromatic nitrogens is 2. The average molecular weight is 425 g/mol. The van der Waals surface area contributed by atoms with E-state index in [4.69, 9.17) is 10.5 Å². The maximum absolute atomic E-state index is 12.2. The summed E-state index contributed by atoms with van der Waals surface area (Å²) in [7, 11) is 0. The lowest BCUT2D eigenvalue weighted by atomic mass is 10.2. The van der Waals surface area contributed by atoms with Gasteiger partial charge in [0.05, 0.1) is 5.69 Å². The predicted octanol–water partition coefficient (Wildman–Crippen LogP) is 3.53. The van der Waals surface area contributed by atoms with Crippen molar-refractivity contribution in [3.63, 3.8) is 0 Å². The zero-order valence-electron chi connectivity index (χ0n) is 15.9. The molecule has 1 unspecified atom stereocenters. The second kappa shape index (κ2) is 10.9. The van der Waals surface area contributed by atoms with Gasteiger partial charge in [-0.15, -0.1) is 24.8 Å². The maximum atomic E-state index is 12.2. The van der Waals surface area contributed by atoms with E-state index in [1.807, 2.05) is 54.9 Å². The van der Waals surface area contributed by atoms with Crippen LogP contribution in [0.25, 0.3) is 5.65 Å². The Labute approximate surface area is 177 Å². The summed E-state index contributed by atoms with van der Waals surface area (Å²) in [5.41, 5.74) is 9.15. The van der Waals surface area contributed by atoms with E-state index in [1.54, 1.807) is 12.1 Å². The number of hydrogen-bond acceptors (Lipinski definition) is 4. The van der Waals surface area contributed by atoms with E-state index >= 15 is 0 Å². The highest BCUT2D eigenvalue weighted by molar-refractivity contribution is 5.94. The van der Waals surface area contributed by atoms with Gasteiger partial charge in [-0.05, 0) is 50.1 Å². The maximum Gasteiger partial charge on any atom is 0.251 e. The second-order valence-electron chi connectivity index (χ2n) is 6.54. The van der Waals surface area contributed by atoms with E-state index in [9.17, 15) is 4.79 Å². The Morgan fingerprint density at radius 1 is 1.25 bits per heavy atom. The van der Waals surface area contributed by atoms with E-state index in [-0.39, 0.29) is 36.8 Å². The molecule has 1 atom stereocenters. The van der Waals surface area contributed by atoms with E-state index in [0.29, 0.717) is 24.5 Å². The van der Waals surface area contributed by atoms with E-state index in [0.717, 1.165) is 17.8 Å². The van der Waals surface area contributed by atoms with Crippen LogP contribution in [0.3, 0.4) is 0 Å². The highest BCUT2D eigenvalue weighted by Gasteiger charge is 2.08. The summed E-state index contributed by atoms with van der Waals surface area (Å²) in [6, 6.07) is 11.2. The third-order valence-electron chi connectivity index (χ3n) is 4.02. The Bertz CT molecular complexity index is 912. The van der Waals surface area contributed by atoms with Crippen LogP contribution >= 0.6 is 24.8 Å². The summed E-state index contributed by atoms with van der Waals surface area (Å²) in [5, 5.41) is 2.86. The molecule has 0 aliphatic heterocycles. The zero-order chi connectivity index (χ0) is 18.5. The van der Waals surface area contributed by atoms with Crippen LogP contribution in [-0.2, 0) is 6.61 Å². The van der Waals surface area contributed by atoms with Gasteiger partial charge in [0.1, 0.15) is 18.0 Å². The fourth-order valence-corrected chi connectivity index (χ4v) is 2.62. The normalized spacial score (nSPS) is 11.2. The molecule has 0 bridgehead atoms. The third-order valence-corrected chi connectivity index (χ3v) is 4.02. The molecule has 0 fully saturated rings. The van der Waals surface area contributed by atoms with Crippen LogP contribution in [-0.4, -0.2) is 27.9 Å². The summed E-state index contributed by atoms with van der Waals surface area (Å²) in [6.45, 7) is 4.86. The Balaban J connectivity index is 0.00000196. The van der Waals surface area contributed by atoms with Crippen LogP contribution in [0.4, 0.5) is 0 Å². The number of carbonyl (C=O) groups excluding carboxylic acids is 1. The van der Waals surface area contributed by atoms with Crippen molar-refractivity contribution in [1.82, 2.24) is 14.7 Å². The van der Waals surface area contributed by atoms with Gasteiger partial charge in [-0.2, -0.15) is 0 Å². The van der Waals surface area contributed by atoms with E-state index in [1.165, 1.54) is 5.56 Å². The lowest BCUT2D eigenvalue weighted by molar-refractivity contribution is 0.0952. The fraction of sp³-hybridized carbons (Fsp3) is 0.300. The van der Waals surface area contributed by atoms with Gasteiger partial charge in [-0.3, -0.25) is 4.79 Å². The van der Waals surface area contributed by atoms with Crippen molar-refractivity contribution in [3.05, 3.63) is 65.6 Å². The molecule has 2 heterocycles. The first-order valence-electron chi connectivity index (χ1n) is 8.72. The molecular formula is C20H26Cl2N4O2. The molecule has 8 heteroatoms. The molecule has 6 nitrogen and oxygen atoms in total. The number of imidazole rings is 1. The topological polar surface area (TPSA) is 81.6 Å². The Hall–Kier alpha value is -2.28. The molecule has 0 spiro atoms. The second-order valence-corrected chi connectivity index (χ2v) is 6.54. The minimum Gasteiger partial charge on any atom is -0.487 e. The number of carbonyl (C=O) groups is 1. The molecule has 3 aromatic rings. The number of rotatable bonds is 7. The Kier molecular flexibility index (Phi) is 9.25. The zero-order valence-corrected chi connectivity index (χ0v) is 17.6. The molecule has 3 rings (SSSR count). The first-order valence-corrected chi connectivity index (χ1v) is 8.72. The standard InChI is InChI=1S/C20H24N4O2.2ClH/c1-14-6-7-19-23-17(12-24(19)11-14)13-26-18-5-3-4-16(10-18)20(25)22-9-8-15(2)21;;/h3-7,10-12,15H,8-9,13,21H2,1-2H3,(H,22,25);2*1H. The number of nitrogens with one attached hydrogen (secondary N) is 1. The molecule has 0 radical (unpaired) electrons. The largest absolute Gasteiger partial charge is 0.487 e. The van der Waals surface area contributed by atoms with Crippen LogP contribution in [0.5, 0.6) is 5.75 Å². The number of hydrogen-bond donors (Lipinski definition) is 2. The summed E-state index contributed by atoms with van der Waals surface area (Å²) in [4.78, 5) is 16.7. The van der Waals surface area contributed by atoms with Gasteiger partial charge in [0.2, 0.25) is 0 Å². The number of fused-ring (bicyclic) bond motifs is 1. The van der Waals surface area contributed by atoms with Crippen LogP contribution < -0.4 is 15.8 Å². The summed E-state index contributed by atoms with van der Waals surface area (Å²) in [5.74, 6) is 0.511. The number of nitrogens with zero attached hydrogens (tertiary/aromatic N) is 2. The predicted molar refractivity (Wildman–Crippen MR) is 116 cm³/mol. The van der Waals surface area contributed by atoms with Crippen LogP contribution in [0.15, 0.2) is 48.8 Å². The molecule has 2 aromatic heterocycles. The van der Waals surface area contributed by atoms with Crippen LogP contribution in [0.2, 0.25) is 0 Å². The summed E-state index contributed by atoms with van der Waals surface area (Å²) >= 11 is 0.